The van der Waals surface area contributed by atoms with E-state index in [0.29, 0.717) is 5.92 Å². The van der Waals surface area contributed by atoms with Crippen molar-refractivity contribution in [2.24, 2.45) is 5.92 Å². The largest absolute Gasteiger partial charge is 0.396 e. The number of carbonyl (C=O) groups is 1. The van der Waals surface area contributed by atoms with E-state index in [0.717, 1.165) is 52.5 Å². The number of rotatable bonds is 7. The summed E-state index contributed by atoms with van der Waals surface area (Å²) in [5.41, 5.74) is 2.88. The molecule has 1 atom stereocenters. The Kier molecular flexibility index (Phi) is 13.1. The minimum absolute atomic E-state index is 0.254. The molecule has 2 aromatic carbocycles. The molecular weight excluding hydrogens is 466 g/mol. The van der Waals surface area contributed by atoms with Gasteiger partial charge in [-0.2, -0.15) is 0 Å². The zero-order valence-corrected chi connectivity index (χ0v) is 21.0. The maximum Gasteiger partial charge on any atom is 0.150 e. The molecule has 0 radical (unpaired) electrons. The molecule has 0 saturated heterocycles. The maximum absolute atomic E-state index is 10.7. The second-order valence-electron chi connectivity index (χ2n) is 7.58. The summed E-state index contributed by atoms with van der Waals surface area (Å²) in [6.45, 7) is 7.18. The third kappa shape index (κ3) is 9.71. The van der Waals surface area contributed by atoms with E-state index < -0.39 is 0 Å². The second kappa shape index (κ2) is 15.3. The summed E-state index contributed by atoms with van der Waals surface area (Å²) < 4.78 is 0.900. The van der Waals surface area contributed by atoms with Gasteiger partial charge in [0, 0.05) is 31.5 Å². The molecule has 0 saturated carbocycles. The van der Waals surface area contributed by atoms with Gasteiger partial charge in [0.2, 0.25) is 0 Å². The number of halogens is 1. The van der Waals surface area contributed by atoms with Crippen LogP contribution >= 0.6 is 15.9 Å². The predicted octanol–water partition coefficient (Wildman–Crippen LogP) is 6.05. The molecule has 3 aromatic rings. The van der Waals surface area contributed by atoms with E-state index in [4.69, 9.17) is 10.5 Å². The van der Waals surface area contributed by atoms with Crippen LogP contribution in [0, 0.1) is 25.2 Å². The highest BCUT2D eigenvalue weighted by Crippen LogP contribution is 2.20. The van der Waals surface area contributed by atoms with E-state index in [-0.39, 0.29) is 6.61 Å². The second-order valence-corrected chi connectivity index (χ2v) is 8.39. The van der Waals surface area contributed by atoms with Gasteiger partial charge in [0.1, 0.15) is 10.9 Å². The Hall–Kier alpha value is -2.57. The topological polar surface area (TPSA) is 77.3 Å². The summed E-state index contributed by atoms with van der Waals surface area (Å²) in [5, 5.41) is 18.0. The van der Waals surface area contributed by atoms with Crippen molar-refractivity contribution in [3.05, 3.63) is 76.0 Å². The normalized spacial score (nSPS) is 10.8. The zero-order chi connectivity index (χ0) is 23.9. The van der Waals surface area contributed by atoms with Crippen LogP contribution < -0.4 is 0 Å². The molecule has 1 unspecified atom stereocenters. The Morgan fingerprint density at radius 3 is 2.38 bits per heavy atom. The number of nitrogens with zero attached hydrogens (tertiary/aromatic N) is 2. The van der Waals surface area contributed by atoms with Gasteiger partial charge >= 0.3 is 0 Å². The van der Waals surface area contributed by atoms with Gasteiger partial charge in [-0.3, -0.25) is 10.2 Å². The molecule has 0 bridgehead atoms. The van der Waals surface area contributed by atoms with Gasteiger partial charge in [-0.15, -0.1) is 0 Å². The number of aliphatic hydroxyl groups is 1. The number of hydrogen-bond acceptors (Lipinski definition) is 4. The molecular formula is C26H34BrN3O2. The highest BCUT2D eigenvalue weighted by Gasteiger charge is 2.06. The highest BCUT2D eigenvalue weighted by molar-refractivity contribution is 9.10. The fourth-order valence-corrected chi connectivity index (χ4v) is 3.58. The van der Waals surface area contributed by atoms with Crippen molar-refractivity contribution in [1.29, 1.82) is 5.41 Å². The lowest BCUT2D eigenvalue weighted by atomic mass is 10.0. The van der Waals surface area contributed by atoms with Crippen molar-refractivity contribution in [1.82, 2.24) is 9.88 Å². The number of nitrogens with one attached hydrogen (secondary N) is 1. The van der Waals surface area contributed by atoms with Crippen molar-refractivity contribution < 1.29 is 9.90 Å². The molecule has 0 spiro atoms. The molecule has 3 rings (SSSR count). The highest BCUT2D eigenvalue weighted by atomic mass is 79.9. The van der Waals surface area contributed by atoms with Gasteiger partial charge in [0.25, 0.3) is 0 Å². The number of hydrogen-bond donors (Lipinski definition) is 2. The molecule has 1 heterocycles. The van der Waals surface area contributed by atoms with Gasteiger partial charge < -0.3 is 10.0 Å². The summed E-state index contributed by atoms with van der Waals surface area (Å²) in [6, 6.07) is 17.8. The number of carbonyl (C=O) groups excluding carboxylic acids is 1. The average Bonchev–Trinajstić information content (AvgIpc) is 2.80. The maximum atomic E-state index is 10.7. The van der Waals surface area contributed by atoms with Gasteiger partial charge in [0.15, 0.2) is 0 Å². The van der Waals surface area contributed by atoms with E-state index >= 15 is 0 Å². The number of pyridine rings is 1. The van der Waals surface area contributed by atoms with Crippen LogP contribution in [-0.2, 0) is 0 Å². The van der Waals surface area contributed by atoms with E-state index in [2.05, 4.69) is 33.9 Å². The molecule has 0 aliphatic carbocycles. The molecule has 5 nitrogen and oxygen atoms in total. The van der Waals surface area contributed by atoms with Crippen molar-refractivity contribution in [2.45, 2.75) is 33.6 Å². The fraction of sp³-hybridized carbons (Fsp3) is 0.346. The van der Waals surface area contributed by atoms with E-state index in [9.17, 15) is 4.79 Å². The van der Waals surface area contributed by atoms with Gasteiger partial charge in [-0.1, -0.05) is 55.8 Å². The lowest BCUT2D eigenvalue weighted by Gasteiger charge is -2.19. The van der Waals surface area contributed by atoms with Crippen molar-refractivity contribution in [2.75, 3.05) is 20.2 Å². The van der Waals surface area contributed by atoms with E-state index in [1.54, 1.807) is 0 Å². The lowest BCUT2D eigenvalue weighted by Crippen LogP contribution is -2.24. The van der Waals surface area contributed by atoms with Crippen molar-refractivity contribution in [3.8, 4) is 0 Å². The van der Waals surface area contributed by atoms with Crippen LogP contribution in [0.4, 0.5) is 0 Å². The molecule has 1 aromatic heterocycles. The Balaban J connectivity index is 0.000000247. The number of aldehydes is 1. The van der Waals surface area contributed by atoms with Gasteiger partial charge in [-0.25, -0.2) is 4.98 Å². The third-order valence-electron chi connectivity index (χ3n) is 5.10. The number of aliphatic hydroxyl groups excluding tert-OH is 1. The lowest BCUT2D eigenvalue weighted by molar-refractivity contribution is 0.112. The molecule has 2 N–H and O–H groups in total. The molecule has 172 valence electrons. The quantitative estimate of drug-likeness (QED) is 0.179. The molecule has 0 amide bonds. The first-order valence-electron chi connectivity index (χ1n) is 10.7. The first-order chi connectivity index (χ1) is 15.4. The number of aryl methyl sites for hydroxylation is 2. The van der Waals surface area contributed by atoms with Crippen molar-refractivity contribution in [3.63, 3.8) is 0 Å². The Bertz CT molecular complexity index is 961. The van der Waals surface area contributed by atoms with Gasteiger partial charge in [0.05, 0.1) is 6.34 Å². The molecule has 0 aliphatic heterocycles. The smallest absolute Gasteiger partial charge is 0.150 e. The Morgan fingerprint density at radius 2 is 1.84 bits per heavy atom. The third-order valence-corrected chi connectivity index (χ3v) is 5.54. The monoisotopic (exact) mass is 499 g/mol. The van der Waals surface area contributed by atoms with Crippen LogP contribution in [0.1, 0.15) is 41.4 Å². The van der Waals surface area contributed by atoms with Crippen LogP contribution in [0.5, 0.6) is 0 Å². The van der Waals surface area contributed by atoms with Crippen LogP contribution in [0.15, 0.2) is 59.2 Å². The summed E-state index contributed by atoms with van der Waals surface area (Å²) in [5.74, 6) is 0.520. The standard InChI is InChI=1S/C12H10O.C8H18N2O.C6H6BrN/c1-9-11(8-13)7-6-10-4-2-3-5-12(9)10;1-3-8(4-5-11)6-10(2)7-9;1-5-3-2-4-6(7)8-5/h2-8H,1H3;7-9,11H,3-6H2,1-2H3;2-4H,1H3. The molecule has 0 fully saturated rings. The number of benzene rings is 2. The molecule has 32 heavy (non-hydrogen) atoms. The predicted molar refractivity (Wildman–Crippen MR) is 138 cm³/mol. The Labute approximate surface area is 200 Å². The fourth-order valence-electron chi connectivity index (χ4n) is 3.15. The molecule has 6 heteroatoms. The SMILES string of the molecule is CCC(CCO)CN(C)C=N.Cc1c(C=O)ccc2ccccc12.Cc1cccc(Br)n1. The summed E-state index contributed by atoms with van der Waals surface area (Å²) >= 11 is 3.25. The summed E-state index contributed by atoms with van der Waals surface area (Å²) in [4.78, 5) is 16.6. The van der Waals surface area contributed by atoms with E-state index in [1.807, 2.05) is 74.3 Å². The molecule has 0 aliphatic rings. The Morgan fingerprint density at radius 1 is 1.12 bits per heavy atom. The summed E-state index contributed by atoms with van der Waals surface area (Å²) in [7, 11) is 1.88. The first-order valence-corrected chi connectivity index (χ1v) is 11.5. The minimum atomic E-state index is 0.254. The minimum Gasteiger partial charge on any atom is -0.396 e. The van der Waals surface area contributed by atoms with Crippen LogP contribution in [0.2, 0.25) is 0 Å². The number of fused-ring (bicyclic) bond motifs is 1. The van der Waals surface area contributed by atoms with E-state index in [1.165, 1.54) is 11.7 Å². The number of aromatic nitrogens is 1. The van der Waals surface area contributed by atoms with Crippen LogP contribution in [0.3, 0.4) is 0 Å². The first kappa shape index (κ1) is 27.5. The zero-order valence-electron chi connectivity index (χ0n) is 19.4. The summed E-state index contributed by atoms with van der Waals surface area (Å²) in [6.07, 6.45) is 4.13. The van der Waals surface area contributed by atoms with Crippen LogP contribution in [0.25, 0.3) is 10.8 Å². The van der Waals surface area contributed by atoms with Crippen molar-refractivity contribution >= 4 is 39.3 Å². The van der Waals surface area contributed by atoms with Gasteiger partial charge in [-0.05, 0) is 70.6 Å². The average molecular weight is 500 g/mol. The van der Waals surface area contributed by atoms with Crippen LogP contribution in [-0.4, -0.2) is 47.8 Å².